The molecule has 1 N–H and O–H groups in total. The number of carbonyl (C=O) groups excluding carboxylic acids is 2. The van der Waals surface area contributed by atoms with Gasteiger partial charge in [-0.05, 0) is 32.1 Å². The second kappa shape index (κ2) is 9.58. The lowest BCUT2D eigenvalue weighted by Crippen LogP contribution is -2.56. The number of morpholine rings is 1. The minimum absolute atomic E-state index is 0.0270. The molecule has 2 saturated heterocycles. The molecule has 0 aromatic rings. The van der Waals surface area contributed by atoms with Gasteiger partial charge in [0.1, 0.15) is 0 Å². The number of ether oxygens (including phenoxy) is 1. The van der Waals surface area contributed by atoms with Gasteiger partial charge in [0, 0.05) is 32.6 Å². The van der Waals surface area contributed by atoms with Crippen molar-refractivity contribution in [2.24, 2.45) is 0 Å². The van der Waals surface area contributed by atoms with Gasteiger partial charge in [-0.25, -0.2) is 4.79 Å². The topological polar surface area (TPSA) is 61.9 Å². The maximum atomic E-state index is 12.6. The van der Waals surface area contributed by atoms with Crippen LogP contribution in [0.3, 0.4) is 0 Å². The number of rotatable bonds is 4. The van der Waals surface area contributed by atoms with Crippen LogP contribution in [0.15, 0.2) is 0 Å². The Kier molecular flexibility index (Phi) is 7.17. The molecule has 0 unspecified atom stereocenters. The lowest BCUT2D eigenvalue weighted by atomic mass is 9.92. The molecular weight excluding hydrogens is 330 g/mol. The third-order valence-electron chi connectivity index (χ3n) is 6.10. The van der Waals surface area contributed by atoms with Crippen LogP contribution < -0.4 is 5.32 Å². The Morgan fingerprint density at radius 3 is 2.62 bits per heavy atom. The van der Waals surface area contributed by atoms with Crippen LogP contribution in [-0.2, 0) is 9.53 Å². The molecular formula is C20H35N3O3. The first-order chi connectivity index (χ1) is 12.7. The van der Waals surface area contributed by atoms with E-state index in [1.54, 1.807) is 0 Å². The number of nitrogens with one attached hydrogen (secondary N) is 1. The van der Waals surface area contributed by atoms with Crippen molar-refractivity contribution >= 4 is 11.9 Å². The number of carbonyl (C=O) groups is 2. The molecule has 3 fully saturated rings. The third kappa shape index (κ3) is 5.35. The molecule has 2 heterocycles. The summed E-state index contributed by atoms with van der Waals surface area (Å²) < 4.78 is 6.13. The Bertz CT molecular complexity index is 475. The fourth-order valence-electron chi connectivity index (χ4n) is 4.55. The summed E-state index contributed by atoms with van der Waals surface area (Å²) in [6, 6.07) is 0.0270. The van der Waals surface area contributed by atoms with Crippen LogP contribution in [0, 0.1) is 0 Å². The Morgan fingerprint density at radius 1 is 1.04 bits per heavy atom. The highest BCUT2D eigenvalue weighted by Crippen LogP contribution is 2.33. The highest BCUT2D eigenvalue weighted by Gasteiger charge is 2.38. The molecule has 3 rings (SSSR count). The number of amides is 3. The minimum Gasteiger partial charge on any atom is -0.371 e. The lowest BCUT2D eigenvalue weighted by molar-refractivity contribution is -0.130. The van der Waals surface area contributed by atoms with Crippen molar-refractivity contribution in [2.45, 2.75) is 76.2 Å². The quantitative estimate of drug-likeness (QED) is 0.779. The molecule has 1 saturated carbocycles. The highest BCUT2D eigenvalue weighted by atomic mass is 16.5. The van der Waals surface area contributed by atoms with Gasteiger partial charge in [-0.2, -0.15) is 0 Å². The first-order valence-electron chi connectivity index (χ1n) is 10.6. The van der Waals surface area contributed by atoms with Crippen LogP contribution in [0.25, 0.3) is 0 Å². The van der Waals surface area contributed by atoms with E-state index in [0.717, 1.165) is 58.2 Å². The van der Waals surface area contributed by atoms with Crippen molar-refractivity contribution in [3.05, 3.63) is 0 Å². The van der Waals surface area contributed by atoms with E-state index in [-0.39, 0.29) is 17.5 Å². The van der Waals surface area contributed by atoms with Crippen molar-refractivity contribution in [2.75, 3.05) is 39.3 Å². The molecule has 6 nitrogen and oxygen atoms in total. The van der Waals surface area contributed by atoms with Gasteiger partial charge < -0.3 is 19.9 Å². The second-order valence-electron chi connectivity index (χ2n) is 8.14. The van der Waals surface area contributed by atoms with Crippen molar-refractivity contribution in [1.29, 1.82) is 0 Å². The maximum absolute atomic E-state index is 12.6. The molecule has 26 heavy (non-hydrogen) atoms. The number of likely N-dealkylation sites (tertiary alicyclic amines) is 1. The van der Waals surface area contributed by atoms with E-state index in [1.807, 2.05) is 9.80 Å². The standard InChI is InChI=1S/C20H35N3O3/c24-18-9-4-3-7-13-22(18)14-8-12-21-19(25)23-15-16-26-20(17-23)10-5-1-2-6-11-20/h1-17H2,(H,21,25). The normalized spacial score (nSPS) is 24.2. The van der Waals surface area contributed by atoms with Gasteiger partial charge >= 0.3 is 6.03 Å². The zero-order chi connectivity index (χ0) is 18.2. The van der Waals surface area contributed by atoms with Gasteiger partial charge in [0.25, 0.3) is 0 Å². The zero-order valence-electron chi connectivity index (χ0n) is 16.1. The minimum atomic E-state index is -0.107. The summed E-state index contributed by atoms with van der Waals surface area (Å²) in [4.78, 5) is 28.5. The van der Waals surface area contributed by atoms with Crippen LogP contribution in [0.1, 0.15) is 70.6 Å². The van der Waals surface area contributed by atoms with E-state index in [9.17, 15) is 9.59 Å². The number of urea groups is 1. The molecule has 0 atom stereocenters. The summed E-state index contributed by atoms with van der Waals surface area (Å²) >= 11 is 0. The Balaban J connectivity index is 1.39. The van der Waals surface area contributed by atoms with Gasteiger partial charge in [-0.1, -0.05) is 32.1 Å². The fourth-order valence-corrected chi connectivity index (χ4v) is 4.55. The molecule has 1 spiro atoms. The van der Waals surface area contributed by atoms with E-state index in [0.29, 0.717) is 26.1 Å². The van der Waals surface area contributed by atoms with Crippen LogP contribution >= 0.6 is 0 Å². The van der Waals surface area contributed by atoms with Crippen molar-refractivity contribution in [3.63, 3.8) is 0 Å². The molecule has 0 bridgehead atoms. The van der Waals surface area contributed by atoms with Gasteiger partial charge in [-0.3, -0.25) is 4.79 Å². The van der Waals surface area contributed by atoms with E-state index < -0.39 is 0 Å². The number of hydrogen-bond acceptors (Lipinski definition) is 3. The Hall–Kier alpha value is -1.30. The first kappa shape index (κ1) is 19.5. The molecule has 148 valence electrons. The second-order valence-corrected chi connectivity index (χ2v) is 8.14. The maximum Gasteiger partial charge on any atom is 0.317 e. The largest absolute Gasteiger partial charge is 0.371 e. The molecule has 3 aliphatic rings. The predicted octanol–water partition coefficient (Wildman–Crippen LogP) is 2.91. The summed E-state index contributed by atoms with van der Waals surface area (Å²) in [6.07, 6.45) is 11.9. The first-order valence-corrected chi connectivity index (χ1v) is 10.6. The number of hydrogen-bond donors (Lipinski definition) is 1. The zero-order valence-corrected chi connectivity index (χ0v) is 16.1. The summed E-state index contributed by atoms with van der Waals surface area (Å²) in [7, 11) is 0. The number of nitrogens with zero attached hydrogens (tertiary/aromatic N) is 2. The Morgan fingerprint density at radius 2 is 1.81 bits per heavy atom. The predicted molar refractivity (Wildman–Crippen MR) is 101 cm³/mol. The van der Waals surface area contributed by atoms with E-state index in [4.69, 9.17) is 4.74 Å². The average molecular weight is 366 g/mol. The van der Waals surface area contributed by atoms with E-state index >= 15 is 0 Å². The molecule has 2 aliphatic heterocycles. The Labute approximate surface area is 157 Å². The lowest BCUT2D eigenvalue weighted by Gasteiger charge is -2.42. The van der Waals surface area contributed by atoms with E-state index in [1.165, 1.54) is 25.7 Å². The summed E-state index contributed by atoms with van der Waals surface area (Å²) in [6.45, 7) is 4.31. The van der Waals surface area contributed by atoms with Crippen LogP contribution in [0.2, 0.25) is 0 Å². The summed E-state index contributed by atoms with van der Waals surface area (Å²) in [5.74, 6) is 0.275. The molecule has 0 aromatic heterocycles. The molecule has 0 aromatic carbocycles. The van der Waals surface area contributed by atoms with Crippen LogP contribution in [0.4, 0.5) is 4.79 Å². The van der Waals surface area contributed by atoms with E-state index in [2.05, 4.69) is 5.32 Å². The van der Waals surface area contributed by atoms with Gasteiger partial charge in [0.2, 0.25) is 5.91 Å². The van der Waals surface area contributed by atoms with Crippen molar-refractivity contribution in [1.82, 2.24) is 15.1 Å². The average Bonchev–Trinajstić information content (AvgIpc) is 2.99. The SMILES string of the molecule is O=C1CCCCCN1CCCNC(=O)N1CCOC2(CCCCCC2)C1. The van der Waals surface area contributed by atoms with Gasteiger partial charge in [0.05, 0.1) is 18.8 Å². The van der Waals surface area contributed by atoms with Gasteiger partial charge in [0.15, 0.2) is 0 Å². The molecule has 6 heteroatoms. The highest BCUT2D eigenvalue weighted by molar-refractivity contribution is 5.76. The molecule has 3 amide bonds. The summed E-state index contributed by atoms with van der Waals surface area (Å²) in [5.41, 5.74) is -0.107. The molecule has 0 radical (unpaired) electrons. The van der Waals surface area contributed by atoms with Crippen LogP contribution in [-0.4, -0.2) is 66.7 Å². The van der Waals surface area contributed by atoms with Gasteiger partial charge in [-0.15, -0.1) is 0 Å². The monoisotopic (exact) mass is 365 g/mol. The fraction of sp³-hybridized carbons (Fsp3) is 0.900. The van der Waals surface area contributed by atoms with Crippen molar-refractivity contribution < 1.29 is 14.3 Å². The smallest absolute Gasteiger partial charge is 0.317 e. The summed E-state index contributed by atoms with van der Waals surface area (Å²) in [5, 5.41) is 3.05. The van der Waals surface area contributed by atoms with Crippen LogP contribution in [0.5, 0.6) is 0 Å². The molecule has 1 aliphatic carbocycles. The third-order valence-corrected chi connectivity index (χ3v) is 6.10. The van der Waals surface area contributed by atoms with Crippen molar-refractivity contribution in [3.8, 4) is 0 Å².